The molecule has 1 nitrogen and oxygen atoms in total. The maximum atomic E-state index is 3.72. The maximum absolute atomic E-state index is 3.72. The molecule has 0 aromatic rings. The average Bonchev–Trinajstić information content (AvgIpc) is 2.76. The molecule has 2 rings (SSSR count). The van der Waals surface area contributed by atoms with Crippen LogP contribution in [0.4, 0.5) is 0 Å². The molecule has 2 heterocycles. The zero-order valence-electron chi connectivity index (χ0n) is 12.3. The lowest BCUT2D eigenvalue weighted by Crippen LogP contribution is -2.38. The monoisotopic (exact) mass is 247 g/mol. The topological polar surface area (TPSA) is 12.0 Å². The molecule has 0 amide bonds. The number of piperidine rings is 1. The first kappa shape index (κ1) is 15.2. The summed E-state index contributed by atoms with van der Waals surface area (Å²) in [5, 5.41) is 3.70. The van der Waals surface area contributed by atoms with Crippen molar-refractivity contribution in [1.82, 2.24) is 5.32 Å². The van der Waals surface area contributed by atoms with Gasteiger partial charge in [-0.25, -0.2) is 0 Å². The van der Waals surface area contributed by atoms with E-state index in [1.54, 1.807) is 0 Å². The summed E-state index contributed by atoms with van der Waals surface area (Å²) in [5.41, 5.74) is 1.46. The third-order valence-corrected chi connectivity index (χ3v) is 3.91. The lowest BCUT2D eigenvalue weighted by Gasteiger charge is -2.29. The van der Waals surface area contributed by atoms with Crippen molar-refractivity contribution in [1.29, 1.82) is 0 Å². The fraction of sp³-hybridized carbons (Fsp3) is 0.647. The second-order valence-electron chi connectivity index (χ2n) is 5.14. The molecule has 2 aliphatic heterocycles. The van der Waals surface area contributed by atoms with Crippen molar-refractivity contribution < 1.29 is 0 Å². The quantitative estimate of drug-likeness (QED) is 0.715. The van der Waals surface area contributed by atoms with Crippen LogP contribution in [0, 0.1) is 5.92 Å². The summed E-state index contributed by atoms with van der Waals surface area (Å²) in [6.07, 6.45) is 15.1. The molecule has 18 heavy (non-hydrogen) atoms. The Labute approximate surface area is 113 Å². The third-order valence-electron chi connectivity index (χ3n) is 3.91. The van der Waals surface area contributed by atoms with E-state index in [9.17, 15) is 0 Å². The lowest BCUT2D eigenvalue weighted by atomic mass is 9.86. The van der Waals surface area contributed by atoms with Crippen LogP contribution in [0.25, 0.3) is 0 Å². The van der Waals surface area contributed by atoms with E-state index in [0.717, 1.165) is 18.0 Å². The standard InChI is InChI=1S/C15H23N.C2H6/c1-3-5-6-12(4-2)9-13-10-14-7-8-15(11-13)16-14;1-2/h3-6,13-16H,1,7-11H2,2H3;1-2H3/b6-5-,12-4+;. The largest absolute Gasteiger partial charge is 0.311 e. The molecule has 0 spiro atoms. The smallest absolute Gasteiger partial charge is 0.00729 e. The van der Waals surface area contributed by atoms with Gasteiger partial charge in [0.05, 0.1) is 0 Å². The van der Waals surface area contributed by atoms with Crippen LogP contribution in [0.3, 0.4) is 0 Å². The fourth-order valence-electron chi connectivity index (χ4n) is 3.15. The van der Waals surface area contributed by atoms with Crippen molar-refractivity contribution in [2.24, 2.45) is 5.92 Å². The predicted octanol–water partition coefficient (Wildman–Crippen LogP) is 4.62. The van der Waals surface area contributed by atoms with Crippen LogP contribution in [0.2, 0.25) is 0 Å². The highest BCUT2D eigenvalue weighted by atomic mass is 15.0. The van der Waals surface area contributed by atoms with Gasteiger partial charge in [-0.15, -0.1) is 0 Å². The summed E-state index contributed by atoms with van der Waals surface area (Å²) in [5.74, 6) is 0.888. The van der Waals surface area contributed by atoms with E-state index in [0.29, 0.717) is 0 Å². The number of hydrogen-bond donors (Lipinski definition) is 1. The van der Waals surface area contributed by atoms with Crippen molar-refractivity contribution in [2.75, 3.05) is 0 Å². The maximum Gasteiger partial charge on any atom is 0.00729 e. The van der Waals surface area contributed by atoms with Gasteiger partial charge in [-0.05, 0) is 44.9 Å². The zero-order valence-corrected chi connectivity index (χ0v) is 12.3. The highest BCUT2D eigenvalue weighted by Crippen LogP contribution is 2.34. The first-order valence-corrected chi connectivity index (χ1v) is 7.52. The van der Waals surface area contributed by atoms with Gasteiger partial charge >= 0.3 is 0 Å². The number of hydrogen-bond acceptors (Lipinski definition) is 1. The van der Waals surface area contributed by atoms with Gasteiger partial charge in [0.15, 0.2) is 0 Å². The molecule has 2 fully saturated rings. The zero-order chi connectivity index (χ0) is 13.4. The molecule has 0 saturated carbocycles. The summed E-state index contributed by atoms with van der Waals surface area (Å²) in [7, 11) is 0. The van der Waals surface area contributed by atoms with Gasteiger partial charge in [0.1, 0.15) is 0 Å². The molecule has 2 unspecified atom stereocenters. The molecule has 1 heteroatoms. The number of fused-ring (bicyclic) bond motifs is 2. The van der Waals surface area contributed by atoms with Crippen LogP contribution in [0.1, 0.15) is 52.9 Å². The third kappa shape index (κ3) is 4.45. The summed E-state index contributed by atoms with van der Waals surface area (Å²) < 4.78 is 0. The Morgan fingerprint density at radius 1 is 1.22 bits per heavy atom. The Morgan fingerprint density at radius 2 is 1.83 bits per heavy atom. The van der Waals surface area contributed by atoms with Crippen molar-refractivity contribution in [3.8, 4) is 0 Å². The van der Waals surface area contributed by atoms with Gasteiger partial charge in [-0.1, -0.05) is 50.3 Å². The Balaban J connectivity index is 0.000000771. The molecule has 0 aromatic heterocycles. The molecule has 0 radical (unpaired) electrons. The van der Waals surface area contributed by atoms with E-state index in [1.807, 2.05) is 26.0 Å². The van der Waals surface area contributed by atoms with Crippen LogP contribution in [-0.2, 0) is 0 Å². The minimum absolute atomic E-state index is 0.810. The highest BCUT2D eigenvalue weighted by Gasteiger charge is 2.33. The van der Waals surface area contributed by atoms with Crippen LogP contribution in [0.5, 0.6) is 0 Å². The average molecular weight is 247 g/mol. The van der Waals surface area contributed by atoms with E-state index >= 15 is 0 Å². The van der Waals surface area contributed by atoms with E-state index < -0.39 is 0 Å². The lowest BCUT2D eigenvalue weighted by molar-refractivity contribution is 0.299. The molecular weight excluding hydrogens is 218 g/mol. The molecule has 2 aliphatic rings. The van der Waals surface area contributed by atoms with Gasteiger partial charge in [0.2, 0.25) is 0 Å². The van der Waals surface area contributed by atoms with Gasteiger partial charge in [-0.3, -0.25) is 0 Å². The Kier molecular flexibility index (Phi) is 7.04. The molecular formula is C17H29N. The van der Waals surface area contributed by atoms with Crippen molar-refractivity contribution in [3.05, 3.63) is 36.5 Å². The first-order valence-electron chi connectivity index (χ1n) is 7.52. The van der Waals surface area contributed by atoms with Crippen molar-refractivity contribution >= 4 is 0 Å². The SMILES string of the molecule is C=C/C=C\C(=C/C)CC1CC2CCC(C1)N2.CC. The summed E-state index contributed by atoms with van der Waals surface area (Å²) in [4.78, 5) is 0. The summed E-state index contributed by atoms with van der Waals surface area (Å²) >= 11 is 0. The highest BCUT2D eigenvalue weighted by molar-refractivity contribution is 5.21. The molecule has 2 bridgehead atoms. The molecule has 102 valence electrons. The Morgan fingerprint density at radius 3 is 2.33 bits per heavy atom. The van der Waals surface area contributed by atoms with Gasteiger partial charge in [0, 0.05) is 12.1 Å². The Bertz CT molecular complexity index is 289. The second kappa shape index (κ2) is 8.31. The van der Waals surface area contributed by atoms with E-state index in [4.69, 9.17) is 0 Å². The van der Waals surface area contributed by atoms with Crippen LogP contribution >= 0.6 is 0 Å². The fourth-order valence-corrected chi connectivity index (χ4v) is 3.15. The molecule has 2 saturated heterocycles. The normalized spacial score (nSPS) is 31.1. The molecule has 0 aromatic carbocycles. The minimum atomic E-state index is 0.810. The summed E-state index contributed by atoms with van der Waals surface area (Å²) in [6.45, 7) is 9.86. The van der Waals surface area contributed by atoms with Crippen LogP contribution in [-0.4, -0.2) is 12.1 Å². The van der Waals surface area contributed by atoms with Gasteiger partial charge < -0.3 is 5.32 Å². The minimum Gasteiger partial charge on any atom is -0.311 e. The van der Waals surface area contributed by atoms with Crippen molar-refractivity contribution in [3.63, 3.8) is 0 Å². The predicted molar refractivity (Wildman–Crippen MR) is 81.7 cm³/mol. The van der Waals surface area contributed by atoms with Gasteiger partial charge in [0.25, 0.3) is 0 Å². The second-order valence-corrected chi connectivity index (χ2v) is 5.14. The first-order chi connectivity index (χ1) is 8.81. The van der Waals surface area contributed by atoms with Crippen molar-refractivity contribution in [2.45, 2.75) is 65.0 Å². The van der Waals surface area contributed by atoms with E-state index in [2.05, 4.69) is 31.0 Å². The number of nitrogens with one attached hydrogen (secondary N) is 1. The number of allylic oxidation sites excluding steroid dienone is 5. The van der Waals surface area contributed by atoms with Gasteiger partial charge in [-0.2, -0.15) is 0 Å². The molecule has 1 N–H and O–H groups in total. The molecule has 0 aliphatic carbocycles. The Hall–Kier alpha value is -0.820. The van der Waals surface area contributed by atoms with Crippen LogP contribution in [0.15, 0.2) is 36.5 Å². The van der Waals surface area contributed by atoms with E-state index in [1.165, 1.54) is 37.7 Å². The molecule has 2 atom stereocenters. The van der Waals surface area contributed by atoms with Crippen LogP contribution < -0.4 is 5.32 Å². The number of rotatable bonds is 4. The summed E-state index contributed by atoms with van der Waals surface area (Å²) in [6, 6.07) is 1.62. The van der Waals surface area contributed by atoms with E-state index in [-0.39, 0.29) is 0 Å².